The van der Waals surface area contributed by atoms with Crippen LogP contribution in [0.4, 0.5) is 0 Å². The Morgan fingerprint density at radius 1 is 1.39 bits per heavy atom. The zero-order chi connectivity index (χ0) is 13.1. The molecular formula is C11H16BrN5O. The lowest BCUT2D eigenvalue weighted by Crippen LogP contribution is -2.15. The average Bonchev–Trinajstić information content (AvgIpc) is 2.86. The third-order valence-electron chi connectivity index (χ3n) is 2.64. The highest BCUT2D eigenvalue weighted by Gasteiger charge is 2.12. The minimum Gasteiger partial charge on any atom is -0.338 e. The second kappa shape index (κ2) is 5.62. The van der Waals surface area contributed by atoms with Crippen molar-refractivity contribution in [3.05, 3.63) is 27.6 Å². The summed E-state index contributed by atoms with van der Waals surface area (Å²) in [5.74, 6) is 1.25. The Morgan fingerprint density at radius 3 is 2.72 bits per heavy atom. The summed E-state index contributed by atoms with van der Waals surface area (Å²) in [4.78, 5) is 4.13. The molecule has 0 unspecified atom stereocenters. The van der Waals surface area contributed by atoms with Crippen molar-refractivity contribution in [2.24, 2.45) is 7.05 Å². The number of rotatable bonds is 5. The summed E-state index contributed by atoms with van der Waals surface area (Å²) in [6.07, 6.45) is 0.914. The topological polar surface area (TPSA) is 68.8 Å². The molecule has 7 heteroatoms. The normalized spacial score (nSPS) is 11.1. The molecule has 0 aliphatic heterocycles. The van der Waals surface area contributed by atoms with E-state index in [1.54, 1.807) is 6.92 Å². The van der Waals surface area contributed by atoms with Gasteiger partial charge in [0, 0.05) is 13.6 Å². The second-order valence-corrected chi connectivity index (χ2v) is 4.82. The molecule has 18 heavy (non-hydrogen) atoms. The summed E-state index contributed by atoms with van der Waals surface area (Å²) in [5, 5.41) is 11.4. The summed E-state index contributed by atoms with van der Waals surface area (Å²) in [6, 6.07) is 0. The molecule has 2 rings (SSSR count). The molecule has 0 aliphatic carbocycles. The van der Waals surface area contributed by atoms with E-state index < -0.39 is 0 Å². The van der Waals surface area contributed by atoms with Gasteiger partial charge in [0.25, 0.3) is 0 Å². The maximum atomic E-state index is 5.03. The highest BCUT2D eigenvalue weighted by Crippen LogP contribution is 2.21. The van der Waals surface area contributed by atoms with Crippen molar-refractivity contribution in [1.82, 2.24) is 25.2 Å². The van der Waals surface area contributed by atoms with Gasteiger partial charge in [-0.05, 0) is 29.3 Å². The largest absolute Gasteiger partial charge is 0.338 e. The fraction of sp³-hybridized carbons (Fsp3) is 0.545. The molecule has 0 saturated heterocycles. The van der Waals surface area contributed by atoms with E-state index in [4.69, 9.17) is 4.52 Å². The van der Waals surface area contributed by atoms with Gasteiger partial charge in [-0.3, -0.25) is 4.68 Å². The fourth-order valence-electron chi connectivity index (χ4n) is 1.71. The average molecular weight is 314 g/mol. The maximum absolute atomic E-state index is 5.03. The molecule has 0 amide bonds. The van der Waals surface area contributed by atoms with Crippen LogP contribution in [0.25, 0.3) is 0 Å². The van der Waals surface area contributed by atoms with Crippen LogP contribution < -0.4 is 5.32 Å². The Bertz CT molecular complexity index is 534. The van der Waals surface area contributed by atoms with Crippen molar-refractivity contribution in [3.8, 4) is 0 Å². The van der Waals surface area contributed by atoms with Crippen LogP contribution in [0, 0.1) is 6.92 Å². The first kappa shape index (κ1) is 13.2. The van der Waals surface area contributed by atoms with Crippen molar-refractivity contribution in [2.75, 3.05) is 0 Å². The molecule has 0 spiro atoms. The minimum atomic E-state index is 0.555. The van der Waals surface area contributed by atoms with E-state index in [9.17, 15) is 0 Å². The molecule has 2 aromatic rings. The van der Waals surface area contributed by atoms with Crippen LogP contribution in [0.5, 0.6) is 0 Å². The molecule has 0 fully saturated rings. The molecule has 98 valence electrons. The third kappa shape index (κ3) is 2.78. The van der Waals surface area contributed by atoms with E-state index >= 15 is 0 Å². The highest BCUT2D eigenvalue weighted by molar-refractivity contribution is 9.10. The Morgan fingerprint density at radius 2 is 2.17 bits per heavy atom. The van der Waals surface area contributed by atoms with Crippen molar-refractivity contribution in [2.45, 2.75) is 33.4 Å². The summed E-state index contributed by atoms with van der Waals surface area (Å²) >= 11 is 3.58. The molecule has 0 aromatic carbocycles. The predicted octanol–water partition coefficient (Wildman–Crippen LogP) is 1.73. The predicted molar refractivity (Wildman–Crippen MR) is 69.9 cm³/mol. The second-order valence-electron chi connectivity index (χ2n) is 4.02. The molecule has 6 nitrogen and oxygen atoms in total. The zero-order valence-corrected chi connectivity index (χ0v) is 12.3. The number of aromatic nitrogens is 4. The van der Waals surface area contributed by atoms with Gasteiger partial charge in [-0.15, -0.1) is 0 Å². The van der Waals surface area contributed by atoms with Gasteiger partial charge in [-0.2, -0.15) is 10.1 Å². The zero-order valence-electron chi connectivity index (χ0n) is 10.7. The van der Waals surface area contributed by atoms with Crippen molar-refractivity contribution < 1.29 is 4.52 Å². The lowest BCUT2D eigenvalue weighted by atomic mass is 10.3. The van der Waals surface area contributed by atoms with Crippen LogP contribution in [0.1, 0.15) is 30.0 Å². The lowest BCUT2D eigenvalue weighted by molar-refractivity contribution is 0.363. The van der Waals surface area contributed by atoms with E-state index in [1.165, 1.54) is 0 Å². The first-order valence-electron chi connectivity index (χ1n) is 5.82. The first-order valence-corrected chi connectivity index (χ1v) is 6.61. The molecule has 0 aliphatic rings. The molecular weight excluding hydrogens is 298 g/mol. The number of hydrogen-bond donors (Lipinski definition) is 1. The number of halogens is 1. The number of nitrogens with zero attached hydrogens (tertiary/aromatic N) is 4. The molecule has 1 N–H and O–H groups in total. The summed E-state index contributed by atoms with van der Waals surface area (Å²) in [6.45, 7) is 5.15. The van der Waals surface area contributed by atoms with Gasteiger partial charge in [0.15, 0.2) is 5.82 Å². The van der Waals surface area contributed by atoms with Crippen LogP contribution in [-0.2, 0) is 26.6 Å². The summed E-state index contributed by atoms with van der Waals surface area (Å²) < 4.78 is 7.99. The molecule has 0 saturated carbocycles. The fourth-order valence-corrected chi connectivity index (χ4v) is 2.47. The highest BCUT2D eigenvalue weighted by atomic mass is 79.9. The van der Waals surface area contributed by atoms with E-state index in [-0.39, 0.29) is 0 Å². The number of hydrogen-bond acceptors (Lipinski definition) is 5. The Hall–Kier alpha value is -1.21. The monoisotopic (exact) mass is 313 g/mol. The van der Waals surface area contributed by atoms with Gasteiger partial charge in [-0.1, -0.05) is 12.1 Å². The molecule has 0 bridgehead atoms. The summed E-state index contributed by atoms with van der Waals surface area (Å²) in [7, 11) is 1.94. The van der Waals surface area contributed by atoms with Crippen LogP contribution >= 0.6 is 15.9 Å². The van der Waals surface area contributed by atoms with E-state index in [1.807, 2.05) is 11.7 Å². The molecule has 2 heterocycles. The number of aryl methyl sites for hydroxylation is 3. The standard InChI is InChI=1S/C11H16BrN5O/c1-4-8-11(12)9(17(3)15-8)5-13-6-10-14-7(2)16-18-10/h13H,4-6H2,1-3H3. The van der Waals surface area contributed by atoms with E-state index in [0.717, 1.165) is 22.3 Å². The van der Waals surface area contributed by atoms with Gasteiger partial charge in [0.2, 0.25) is 5.89 Å². The minimum absolute atomic E-state index is 0.555. The third-order valence-corrected chi connectivity index (χ3v) is 3.56. The van der Waals surface area contributed by atoms with Gasteiger partial charge >= 0.3 is 0 Å². The van der Waals surface area contributed by atoms with Gasteiger partial charge in [-0.25, -0.2) is 0 Å². The summed E-state index contributed by atoms with van der Waals surface area (Å²) in [5.41, 5.74) is 2.19. The number of nitrogens with one attached hydrogen (secondary N) is 1. The van der Waals surface area contributed by atoms with Gasteiger partial charge < -0.3 is 9.84 Å². The molecule has 2 aromatic heterocycles. The smallest absolute Gasteiger partial charge is 0.240 e. The SMILES string of the molecule is CCc1nn(C)c(CNCc2nc(C)no2)c1Br. The van der Waals surface area contributed by atoms with Crippen molar-refractivity contribution in [3.63, 3.8) is 0 Å². The molecule has 0 atom stereocenters. The molecule has 0 radical (unpaired) electrons. The van der Waals surface area contributed by atoms with Crippen LogP contribution in [0.15, 0.2) is 9.00 Å². The first-order chi connectivity index (χ1) is 8.61. The van der Waals surface area contributed by atoms with E-state index in [0.29, 0.717) is 24.8 Å². The Labute approximate surface area is 114 Å². The Kier molecular flexibility index (Phi) is 4.13. The van der Waals surface area contributed by atoms with E-state index in [2.05, 4.69) is 43.4 Å². The maximum Gasteiger partial charge on any atom is 0.240 e. The van der Waals surface area contributed by atoms with Gasteiger partial charge in [0.05, 0.1) is 22.4 Å². The van der Waals surface area contributed by atoms with Crippen LogP contribution in [0.2, 0.25) is 0 Å². The lowest BCUT2D eigenvalue weighted by Gasteiger charge is -2.03. The van der Waals surface area contributed by atoms with Crippen LogP contribution in [-0.4, -0.2) is 19.9 Å². The van der Waals surface area contributed by atoms with Crippen LogP contribution in [0.3, 0.4) is 0 Å². The van der Waals surface area contributed by atoms with Gasteiger partial charge in [0.1, 0.15) is 0 Å². The van der Waals surface area contributed by atoms with Crippen molar-refractivity contribution in [1.29, 1.82) is 0 Å². The quantitative estimate of drug-likeness (QED) is 0.910. The van der Waals surface area contributed by atoms with Crippen molar-refractivity contribution >= 4 is 15.9 Å². The Balaban J connectivity index is 1.96.